The van der Waals surface area contributed by atoms with Gasteiger partial charge in [-0.25, -0.2) is 4.79 Å². The standard InChI is InChI=1S/C19H23N7O4S/c1-24-12-21-23-19(24)31-11-14(27)25(8-9-30-2)15-16(20)26(18(29)22-17(15)28)10-13-6-4-3-5-7-13/h3-7,12H,8-11,20H2,1-2H3,(H,22,28,29). The van der Waals surface area contributed by atoms with Crippen molar-refractivity contribution >= 4 is 29.2 Å². The van der Waals surface area contributed by atoms with E-state index in [1.165, 1.54) is 34.7 Å². The summed E-state index contributed by atoms with van der Waals surface area (Å²) in [5.74, 6) is -0.481. The highest BCUT2D eigenvalue weighted by molar-refractivity contribution is 7.99. The van der Waals surface area contributed by atoms with Gasteiger partial charge < -0.3 is 19.9 Å². The lowest BCUT2D eigenvalue weighted by Gasteiger charge is -2.24. The normalized spacial score (nSPS) is 10.9. The van der Waals surface area contributed by atoms with Crippen molar-refractivity contribution in [3.05, 3.63) is 63.1 Å². The molecular weight excluding hydrogens is 422 g/mol. The van der Waals surface area contributed by atoms with E-state index < -0.39 is 11.2 Å². The van der Waals surface area contributed by atoms with E-state index in [0.717, 1.165) is 5.56 Å². The summed E-state index contributed by atoms with van der Waals surface area (Å²) < 4.78 is 8.00. The molecule has 0 unspecified atom stereocenters. The Kier molecular flexibility index (Phi) is 7.26. The van der Waals surface area contributed by atoms with Crippen LogP contribution in [0.5, 0.6) is 0 Å². The number of nitrogens with zero attached hydrogens (tertiary/aromatic N) is 5. The van der Waals surface area contributed by atoms with Gasteiger partial charge in [-0.2, -0.15) is 0 Å². The van der Waals surface area contributed by atoms with E-state index in [-0.39, 0.29) is 42.9 Å². The molecule has 12 heteroatoms. The number of aryl methyl sites for hydroxylation is 1. The number of carbonyl (C=O) groups is 1. The summed E-state index contributed by atoms with van der Waals surface area (Å²) >= 11 is 1.18. The third-order valence-electron chi connectivity index (χ3n) is 4.48. The second-order valence-electron chi connectivity index (χ2n) is 6.62. The topological polar surface area (TPSA) is 141 Å². The van der Waals surface area contributed by atoms with Crippen LogP contribution in [0.2, 0.25) is 0 Å². The zero-order chi connectivity index (χ0) is 22.4. The minimum atomic E-state index is -0.736. The molecule has 0 fully saturated rings. The number of benzene rings is 1. The highest BCUT2D eigenvalue weighted by Gasteiger charge is 2.24. The van der Waals surface area contributed by atoms with Crippen LogP contribution in [0, 0.1) is 0 Å². The molecule has 0 radical (unpaired) electrons. The third kappa shape index (κ3) is 5.22. The van der Waals surface area contributed by atoms with Crippen molar-refractivity contribution in [3.8, 4) is 0 Å². The van der Waals surface area contributed by atoms with Crippen molar-refractivity contribution in [3.63, 3.8) is 0 Å². The van der Waals surface area contributed by atoms with Crippen LogP contribution in [-0.4, -0.2) is 56.2 Å². The van der Waals surface area contributed by atoms with Crippen LogP contribution in [0.25, 0.3) is 0 Å². The number of nitrogens with one attached hydrogen (secondary N) is 1. The number of ether oxygens (including phenoxy) is 1. The van der Waals surface area contributed by atoms with Crippen molar-refractivity contribution in [1.82, 2.24) is 24.3 Å². The summed E-state index contributed by atoms with van der Waals surface area (Å²) in [4.78, 5) is 41.6. The molecule has 3 rings (SSSR count). The molecule has 0 aliphatic heterocycles. The molecule has 0 saturated carbocycles. The van der Waals surface area contributed by atoms with Crippen LogP contribution in [0.1, 0.15) is 5.56 Å². The van der Waals surface area contributed by atoms with Gasteiger partial charge in [0.15, 0.2) is 10.8 Å². The Labute approximate surface area is 181 Å². The average Bonchev–Trinajstić information content (AvgIpc) is 3.17. The molecule has 0 aliphatic carbocycles. The zero-order valence-electron chi connectivity index (χ0n) is 17.1. The Morgan fingerprint density at radius 1 is 1.29 bits per heavy atom. The monoisotopic (exact) mass is 445 g/mol. The maximum absolute atomic E-state index is 13.0. The van der Waals surface area contributed by atoms with Gasteiger partial charge in [0.25, 0.3) is 5.56 Å². The first kappa shape index (κ1) is 22.3. The molecule has 2 aromatic heterocycles. The van der Waals surface area contributed by atoms with Gasteiger partial charge in [0.2, 0.25) is 5.91 Å². The van der Waals surface area contributed by atoms with E-state index in [1.54, 1.807) is 11.6 Å². The fraction of sp³-hybridized carbons (Fsp3) is 0.316. The quantitative estimate of drug-likeness (QED) is 0.441. The summed E-state index contributed by atoms with van der Waals surface area (Å²) in [5.41, 5.74) is 5.58. The van der Waals surface area contributed by atoms with Gasteiger partial charge in [-0.1, -0.05) is 42.1 Å². The number of carbonyl (C=O) groups excluding carboxylic acids is 1. The fourth-order valence-corrected chi connectivity index (χ4v) is 3.68. The first-order chi connectivity index (χ1) is 14.9. The first-order valence-electron chi connectivity index (χ1n) is 9.35. The van der Waals surface area contributed by atoms with Crippen LogP contribution in [0.3, 0.4) is 0 Å². The van der Waals surface area contributed by atoms with E-state index in [2.05, 4.69) is 15.2 Å². The highest BCUT2D eigenvalue weighted by atomic mass is 32.2. The van der Waals surface area contributed by atoms with Crippen molar-refractivity contribution < 1.29 is 9.53 Å². The van der Waals surface area contributed by atoms with E-state index in [1.807, 2.05) is 30.3 Å². The lowest BCUT2D eigenvalue weighted by molar-refractivity contribution is -0.116. The summed E-state index contributed by atoms with van der Waals surface area (Å²) in [6, 6.07) is 9.19. The summed E-state index contributed by atoms with van der Waals surface area (Å²) in [6.45, 7) is 0.415. The summed E-state index contributed by atoms with van der Waals surface area (Å²) in [5, 5.41) is 8.26. The van der Waals surface area contributed by atoms with E-state index >= 15 is 0 Å². The van der Waals surface area contributed by atoms with Crippen molar-refractivity contribution in [1.29, 1.82) is 0 Å². The number of amides is 1. The van der Waals surface area contributed by atoms with Crippen molar-refractivity contribution in [2.24, 2.45) is 7.05 Å². The Morgan fingerprint density at radius 3 is 2.68 bits per heavy atom. The largest absolute Gasteiger partial charge is 0.383 e. The predicted molar refractivity (Wildman–Crippen MR) is 117 cm³/mol. The van der Waals surface area contributed by atoms with Gasteiger partial charge in [0.1, 0.15) is 12.1 Å². The van der Waals surface area contributed by atoms with Gasteiger partial charge in [0, 0.05) is 20.7 Å². The number of hydrogen-bond donors (Lipinski definition) is 2. The molecule has 164 valence electrons. The number of nitrogen functional groups attached to an aromatic ring is 1. The van der Waals surface area contributed by atoms with E-state index in [9.17, 15) is 14.4 Å². The molecule has 31 heavy (non-hydrogen) atoms. The Hall–Kier alpha value is -3.38. The number of hydrogen-bond acceptors (Lipinski definition) is 8. The maximum atomic E-state index is 13.0. The van der Waals surface area contributed by atoms with Crippen LogP contribution in [-0.2, 0) is 23.1 Å². The fourth-order valence-electron chi connectivity index (χ4n) is 2.91. The zero-order valence-corrected chi connectivity index (χ0v) is 18.0. The van der Waals surface area contributed by atoms with E-state index in [0.29, 0.717) is 5.16 Å². The smallest absolute Gasteiger partial charge is 0.330 e. The molecule has 0 atom stereocenters. The predicted octanol–water partition coefficient (Wildman–Crippen LogP) is 0.0673. The van der Waals surface area contributed by atoms with Crippen LogP contribution in [0.4, 0.5) is 11.5 Å². The SMILES string of the molecule is COCCN(C(=O)CSc1nncn1C)c1c(N)n(Cc2ccccc2)c(=O)[nH]c1=O. The molecular formula is C19H23N7O4S. The molecule has 1 aromatic carbocycles. The summed E-state index contributed by atoms with van der Waals surface area (Å²) in [7, 11) is 3.25. The number of aromatic nitrogens is 5. The summed E-state index contributed by atoms with van der Waals surface area (Å²) in [6.07, 6.45) is 1.53. The van der Waals surface area contributed by atoms with Gasteiger partial charge in [0.05, 0.1) is 18.9 Å². The van der Waals surface area contributed by atoms with Crippen molar-refractivity contribution in [2.75, 3.05) is 36.6 Å². The van der Waals surface area contributed by atoms with Crippen molar-refractivity contribution in [2.45, 2.75) is 11.7 Å². The van der Waals surface area contributed by atoms with Gasteiger partial charge in [-0.15, -0.1) is 10.2 Å². The molecule has 3 aromatic rings. The maximum Gasteiger partial charge on any atom is 0.330 e. The molecule has 0 spiro atoms. The average molecular weight is 446 g/mol. The molecule has 1 amide bonds. The van der Waals surface area contributed by atoms with Crippen LogP contribution < -0.4 is 21.9 Å². The third-order valence-corrected chi connectivity index (χ3v) is 5.50. The number of methoxy groups -OCH3 is 1. The number of nitrogens with two attached hydrogens (primary N) is 1. The molecule has 0 saturated heterocycles. The minimum absolute atomic E-state index is 0.00700. The van der Waals surface area contributed by atoms with Gasteiger partial charge in [-0.3, -0.25) is 19.1 Å². The highest BCUT2D eigenvalue weighted by Crippen LogP contribution is 2.21. The first-order valence-corrected chi connectivity index (χ1v) is 10.3. The number of thioether (sulfide) groups is 1. The van der Waals surface area contributed by atoms with Crippen LogP contribution >= 0.6 is 11.8 Å². The molecule has 11 nitrogen and oxygen atoms in total. The molecule has 2 heterocycles. The lowest BCUT2D eigenvalue weighted by atomic mass is 10.2. The molecule has 0 aliphatic rings. The number of rotatable bonds is 9. The Balaban J connectivity index is 1.95. The van der Waals surface area contributed by atoms with Gasteiger partial charge in [-0.05, 0) is 5.56 Å². The second kappa shape index (κ2) is 10.1. The van der Waals surface area contributed by atoms with Gasteiger partial charge >= 0.3 is 5.69 Å². The van der Waals surface area contributed by atoms with E-state index in [4.69, 9.17) is 10.5 Å². The molecule has 0 bridgehead atoms. The Bertz CT molecular complexity index is 1160. The second-order valence-corrected chi connectivity index (χ2v) is 7.56. The lowest BCUT2D eigenvalue weighted by Crippen LogP contribution is -2.43. The Morgan fingerprint density at radius 2 is 2.03 bits per heavy atom. The van der Waals surface area contributed by atoms with Crippen LogP contribution in [0.15, 0.2) is 51.4 Å². The number of aromatic amines is 1. The number of anilines is 2. The minimum Gasteiger partial charge on any atom is -0.383 e. The number of H-pyrrole nitrogens is 1. The molecule has 3 N–H and O–H groups in total.